The van der Waals surface area contributed by atoms with Gasteiger partial charge < -0.3 is 4.52 Å². The first-order valence-electron chi connectivity index (χ1n) is 5.40. The first-order chi connectivity index (χ1) is 8.19. The second-order valence-corrected chi connectivity index (χ2v) is 5.17. The highest BCUT2D eigenvalue weighted by molar-refractivity contribution is 9.10. The topological polar surface area (TPSA) is 38.9 Å². The maximum atomic E-state index is 6.04. The third-order valence-corrected chi connectivity index (χ3v) is 3.36. The molecule has 0 radical (unpaired) electrons. The summed E-state index contributed by atoms with van der Waals surface area (Å²) in [6.45, 7) is 1.99. The number of alkyl halides is 1. The highest BCUT2D eigenvalue weighted by Gasteiger charge is 2.13. The fraction of sp³-hybridized carbons (Fsp3) is 0.333. The van der Waals surface area contributed by atoms with Crippen LogP contribution in [0.15, 0.2) is 33.3 Å². The molecule has 17 heavy (non-hydrogen) atoms. The van der Waals surface area contributed by atoms with Crippen LogP contribution in [0, 0.1) is 0 Å². The lowest BCUT2D eigenvalue weighted by molar-refractivity contribution is 0.378. The second kappa shape index (κ2) is 5.65. The third kappa shape index (κ3) is 3.30. The monoisotopic (exact) mass is 314 g/mol. The van der Waals surface area contributed by atoms with Gasteiger partial charge in [-0.15, -0.1) is 11.6 Å². The lowest BCUT2D eigenvalue weighted by atomic mass is 10.1. The van der Waals surface area contributed by atoms with Crippen LogP contribution in [0.3, 0.4) is 0 Å². The van der Waals surface area contributed by atoms with Crippen molar-refractivity contribution in [2.75, 3.05) is 0 Å². The second-order valence-electron chi connectivity index (χ2n) is 3.73. The van der Waals surface area contributed by atoms with Crippen molar-refractivity contribution in [1.82, 2.24) is 10.1 Å². The van der Waals surface area contributed by atoms with E-state index in [0.29, 0.717) is 18.1 Å². The highest BCUT2D eigenvalue weighted by atomic mass is 79.9. The van der Waals surface area contributed by atoms with Gasteiger partial charge in [-0.1, -0.05) is 40.1 Å². The molecule has 1 aromatic heterocycles. The number of hydrogen-bond donors (Lipinski definition) is 0. The number of halogens is 2. The van der Waals surface area contributed by atoms with E-state index in [1.54, 1.807) is 0 Å². The summed E-state index contributed by atoms with van der Waals surface area (Å²) in [4.78, 5) is 4.28. The number of benzene rings is 1. The Morgan fingerprint density at radius 2 is 2.29 bits per heavy atom. The van der Waals surface area contributed by atoms with Crippen LogP contribution >= 0.6 is 27.5 Å². The smallest absolute Gasteiger partial charge is 0.231 e. The summed E-state index contributed by atoms with van der Waals surface area (Å²) in [5.74, 6) is 1.16. The van der Waals surface area contributed by atoms with E-state index in [1.807, 2.05) is 31.2 Å². The van der Waals surface area contributed by atoms with Gasteiger partial charge in [0, 0.05) is 4.47 Å². The van der Waals surface area contributed by atoms with Gasteiger partial charge >= 0.3 is 0 Å². The zero-order valence-corrected chi connectivity index (χ0v) is 11.7. The van der Waals surface area contributed by atoms with Crippen molar-refractivity contribution in [3.63, 3.8) is 0 Å². The van der Waals surface area contributed by atoms with Gasteiger partial charge in [0.25, 0.3) is 0 Å². The Morgan fingerprint density at radius 3 is 3.00 bits per heavy atom. The predicted molar refractivity (Wildman–Crippen MR) is 70.1 cm³/mol. The molecule has 0 N–H and O–H groups in total. The minimum Gasteiger partial charge on any atom is -0.339 e. The first-order valence-corrected chi connectivity index (χ1v) is 6.63. The minimum absolute atomic E-state index is 0.171. The molecule has 0 aliphatic heterocycles. The van der Waals surface area contributed by atoms with Crippen molar-refractivity contribution in [2.45, 2.75) is 25.1 Å². The van der Waals surface area contributed by atoms with Crippen LogP contribution in [0.5, 0.6) is 0 Å². The van der Waals surface area contributed by atoms with E-state index < -0.39 is 0 Å². The Morgan fingerprint density at radius 1 is 1.47 bits per heavy atom. The van der Waals surface area contributed by atoms with Gasteiger partial charge in [0.15, 0.2) is 5.82 Å². The molecule has 2 rings (SSSR count). The van der Waals surface area contributed by atoms with Crippen LogP contribution in [-0.4, -0.2) is 10.1 Å². The van der Waals surface area contributed by atoms with Gasteiger partial charge in [0.2, 0.25) is 5.89 Å². The standard InChI is InChI=1S/C12H12BrClN2O/c1-2-10(14)12-15-11(17-16-12)7-8-4-3-5-9(13)6-8/h3-6,10H,2,7H2,1H3. The average molecular weight is 316 g/mol. The first kappa shape index (κ1) is 12.6. The van der Waals surface area contributed by atoms with E-state index >= 15 is 0 Å². The van der Waals surface area contributed by atoms with Gasteiger partial charge in [-0.2, -0.15) is 4.98 Å². The molecule has 0 fully saturated rings. The van der Waals surface area contributed by atoms with Gasteiger partial charge in [0.05, 0.1) is 11.8 Å². The molecule has 0 aliphatic rings. The van der Waals surface area contributed by atoms with E-state index in [1.165, 1.54) is 0 Å². The van der Waals surface area contributed by atoms with Crippen molar-refractivity contribution < 1.29 is 4.52 Å². The van der Waals surface area contributed by atoms with Crippen molar-refractivity contribution >= 4 is 27.5 Å². The Kier molecular flexibility index (Phi) is 4.18. The molecule has 90 valence electrons. The quantitative estimate of drug-likeness (QED) is 0.797. The van der Waals surface area contributed by atoms with Gasteiger partial charge in [-0.25, -0.2) is 0 Å². The van der Waals surface area contributed by atoms with Crippen LogP contribution in [0.1, 0.15) is 36.0 Å². The number of nitrogens with zero attached hydrogens (tertiary/aromatic N) is 2. The highest BCUT2D eigenvalue weighted by Crippen LogP contribution is 2.21. The molecule has 3 nitrogen and oxygen atoms in total. The Labute approximate surface area is 113 Å². The summed E-state index contributed by atoms with van der Waals surface area (Å²) in [6, 6.07) is 8.01. The number of aromatic nitrogens is 2. The number of hydrogen-bond acceptors (Lipinski definition) is 3. The van der Waals surface area contributed by atoms with Crippen molar-refractivity contribution in [3.05, 3.63) is 46.0 Å². The summed E-state index contributed by atoms with van der Waals surface area (Å²) in [6.07, 6.45) is 1.41. The summed E-state index contributed by atoms with van der Waals surface area (Å²) in [5.41, 5.74) is 1.12. The van der Waals surface area contributed by atoms with Crippen LogP contribution in [0.2, 0.25) is 0 Å². The van der Waals surface area contributed by atoms with E-state index in [9.17, 15) is 0 Å². The lowest BCUT2D eigenvalue weighted by Crippen LogP contribution is -1.92. The van der Waals surface area contributed by atoms with E-state index in [-0.39, 0.29) is 5.38 Å². The maximum Gasteiger partial charge on any atom is 0.231 e. The van der Waals surface area contributed by atoms with Crippen molar-refractivity contribution in [2.24, 2.45) is 0 Å². The van der Waals surface area contributed by atoms with Crippen molar-refractivity contribution in [3.8, 4) is 0 Å². The fourth-order valence-corrected chi connectivity index (χ4v) is 2.01. The SMILES string of the molecule is CCC(Cl)c1noc(Cc2cccc(Br)c2)n1. The van der Waals surface area contributed by atoms with Gasteiger partial charge in [0.1, 0.15) is 0 Å². The summed E-state index contributed by atoms with van der Waals surface area (Å²) in [7, 11) is 0. The van der Waals surface area contributed by atoms with Gasteiger partial charge in [-0.05, 0) is 24.1 Å². The normalized spacial score (nSPS) is 12.6. The molecule has 0 saturated carbocycles. The molecule has 0 amide bonds. The molecule has 5 heteroatoms. The zero-order chi connectivity index (χ0) is 12.3. The Balaban J connectivity index is 2.11. The molecule has 0 bridgehead atoms. The molecule has 0 spiro atoms. The van der Waals surface area contributed by atoms with E-state index in [0.717, 1.165) is 16.5 Å². The largest absolute Gasteiger partial charge is 0.339 e. The molecular weight excluding hydrogens is 304 g/mol. The molecule has 1 aromatic carbocycles. The molecular formula is C12H12BrClN2O. The van der Waals surface area contributed by atoms with E-state index in [4.69, 9.17) is 16.1 Å². The predicted octanol–water partition coefficient (Wildman–Crippen LogP) is 4.11. The summed E-state index contributed by atoms with van der Waals surface area (Å²) < 4.78 is 6.21. The van der Waals surface area contributed by atoms with Crippen LogP contribution in [0.25, 0.3) is 0 Å². The van der Waals surface area contributed by atoms with Crippen molar-refractivity contribution in [1.29, 1.82) is 0 Å². The van der Waals surface area contributed by atoms with E-state index in [2.05, 4.69) is 26.1 Å². The van der Waals surface area contributed by atoms with Crippen LogP contribution in [0.4, 0.5) is 0 Å². The minimum atomic E-state index is -0.171. The summed E-state index contributed by atoms with van der Waals surface area (Å²) >= 11 is 9.47. The summed E-state index contributed by atoms with van der Waals surface area (Å²) in [5, 5.41) is 3.70. The third-order valence-electron chi connectivity index (χ3n) is 2.37. The van der Waals surface area contributed by atoms with Crippen LogP contribution < -0.4 is 0 Å². The zero-order valence-electron chi connectivity index (χ0n) is 9.36. The Hall–Kier alpha value is -0.870. The molecule has 2 aromatic rings. The molecule has 0 aliphatic carbocycles. The average Bonchev–Trinajstić information content (AvgIpc) is 2.76. The molecule has 0 saturated heterocycles. The Bertz CT molecular complexity index is 501. The molecule has 1 atom stereocenters. The molecule has 1 unspecified atom stereocenters. The fourth-order valence-electron chi connectivity index (χ4n) is 1.47. The van der Waals surface area contributed by atoms with Crippen LogP contribution in [-0.2, 0) is 6.42 Å². The number of rotatable bonds is 4. The maximum absolute atomic E-state index is 6.04. The molecule has 1 heterocycles. The lowest BCUT2D eigenvalue weighted by Gasteiger charge is -1.97. The van der Waals surface area contributed by atoms with Gasteiger partial charge in [-0.3, -0.25) is 0 Å².